The monoisotopic (exact) mass is 236 g/mol. The summed E-state index contributed by atoms with van der Waals surface area (Å²) in [6.45, 7) is 8.00. The number of amides is 1. The number of nitrogen functional groups attached to an aromatic ring is 1. The van der Waals surface area contributed by atoms with Gasteiger partial charge in [0.05, 0.1) is 0 Å². The Kier molecular flexibility index (Phi) is 4.26. The van der Waals surface area contributed by atoms with Gasteiger partial charge >= 0.3 is 0 Å². The molecule has 0 radical (unpaired) electrons. The van der Waals surface area contributed by atoms with Crippen LogP contribution in [0.4, 0.5) is 10.1 Å². The maximum Gasteiger partial charge on any atom is 0.254 e. The molecule has 0 aliphatic heterocycles. The van der Waals surface area contributed by atoms with E-state index in [0.29, 0.717) is 24.3 Å². The minimum absolute atomic E-state index is 0.238. The molecule has 1 rings (SSSR count). The predicted octanol–water partition coefficient (Wildman–Crippen LogP) is 2.36. The van der Waals surface area contributed by atoms with Crippen molar-refractivity contribution in [3.8, 4) is 0 Å². The van der Waals surface area contributed by atoms with Crippen LogP contribution in [0.25, 0.3) is 0 Å². The SMILES string of the molecule is C=CCN(CC)C(=O)c1cc(N)c(C)c(F)c1. The molecule has 0 atom stereocenters. The van der Waals surface area contributed by atoms with Gasteiger partial charge < -0.3 is 10.6 Å². The Morgan fingerprint density at radius 1 is 1.59 bits per heavy atom. The fourth-order valence-electron chi connectivity index (χ4n) is 1.52. The van der Waals surface area contributed by atoms with Gasteiger partial charge in [-0.1, -0.05) is 6.08 Å². The summed E-state index contributed by atoms with van der Waals surface area (Å²) in [5, 5.41) is 0. The Bertz CT molecular complexity index is 420. The number of rotatable bonds is 4. The average Bonchev–Trinajstić information content (AvgIpc) is 2.31. The zero-order valence-corrected chi connectivity index (χ0v) is 10.2. The highest BCUT2D eigenvalue weighted by molar-refractivity contribution is 5.95. The summed E-state index contributed by atoms with van der Waals surface area (Å²) >= 11 is 0. The number of likely N-dealkylation sites (N-methyl/N-ethyl adjacent to an activating group) is 1. The number of hydrogen-bond donors (Lipinski definition) is 1. The van der Waals surface area contributed by atoms with E-state index in [-0.39, 0.29) is 11.5 Å². The van der Waals surface area contributed by atoms with Crippen LogP contribution in [0.5, 0.6) is 0 Å². The number of nitrogens with zero attached hydrogens (tertiary/aromatic N) is 1. The zero-order chi connectivity index (χ0) is 13.0. The van der Waals surface area contributed by atoms with E-state index < -0.39 is 5.82 Å². The van der Waals surface area contributed by atoms with Gasteiger partial charge in [-0.3, -0.25) is 4.79 Å². The molecule has 1 aromatic rings. The molecule has 0 aliphatic carbocycles. The molecular formula is C13H17FN2O. The fraction of sp³-hybridized carbons (Fsp3) is 0.308. The molecule has 3 nitrogen and oxygen atoms in total. The van der Waals surface area contributed by atoms with Crippen LogP contribution in [0.2, 0.25) is 0 Å². The summed E-state index contributed by atoms with van der Waals surface area (Å²) in [6.07, 6.45) is 1.63. The second kappa shape index (κ2) is 5.48. The molecule has 92 valence electrons. The highest BCUT2D eigenvalue weighted by Gasteiger charge is 2.15. The topological polar surface area (TPSA) is 46.3 Å². The Balaban J connectivity index is 3.07. The highest BCUT2D eigenvalue weighted by Crippen LogP contribution is 2.18. The highest BCUT2D eigenvalue weighted by atomic mass is 19.1. The van der Waals surface area contributed by atoms with E-state index in [1.807, 2.05) is 6.92 Å². The lowest BCUT2D eigenvalue weighted by Crippen LogP contribution is -2.31. The van der Waals surface area contributed by atoms with Crippen molar-refractivity contribution in [3.05, 3.63) is 41.7 Å². The lowest BCUT2D eigenvalue weighted by atomic mass is 10.1. The quantitative estimate of drug-likeness (QED) is 0.644. The van der Waals surface area contributed by atoms with E-state index in [0.717, 1.165) is 0 Å². The van der Waals surface area contributed by atoms with Gasteiger partial charge in [0.2, 0.25) is 0 Å². The van der Waals surface area contributed by atoms with Crippen LogP contribution in [0.15, 0.2) is 24.8 Å². The maximum atomic E-state index is 13.5. The van der Waals surface area contributed by atoms with Gasteiger partial charge in [-0.25, -0.2) is 4.39 Å². The molecule has 4 heteroatoms. The first-order valence-electron chi connectivity index (χ1n) is 5.47. The zero-order valence-electron chi connectivity index (χ0n) is 10.2. The van der Waals surface area contributed by atoms with Crippen molar-refractivity contribution in [2.24, 2.45) is 0 Å². The van der Waals surface area contributed by atoms with Crippen molar-refractivity contribution in [1.29, 1.82) is 0 Å². The molecule has 0 aliphatic rings. The van der Waals surface area contributed by atoms with Gasteiger partial charge in [-0.15, -0.1) is 6.58 Å². The van der Waals surface area contributed by atoms with Gasteiger partial charge in [0.1, 0.15) is 5.82 Å². The second-order valence-electron chi connectivity index (χ2n) is 3.80. The molecule has 0 saturated carbocycles. The Morgan fingerprint density at radius 2 is 2.24 bits per heavy atom. The molecule has 0 fully saturated rings. The average molecular weight is 236 g/mol. The van der Waals surface area contributed by atoms with Gasteiger partial charge in [0, 0.05) is 29.9 Å². The molecule has 2 N–H and O–H groups in total. The third kappa shape index (κ3) is 2.84. The molecule has 0 spiro atoms. The summed E-state index contributed by atoms with van der Waals surface area (Å²) in [4.78, 5) is 13.6. The molecule has 1 aromatic carbocycles. The van der Waals surface area contributed by atoms with Gasteiger partial charge in [-0.05, 0) is 26.0 Å². The smallest absolute Gasteiger partial charge is 0.254 e. The van der Waals surface area contributed by atoms with Crippen molar-refractivity contribution in [1.82, 2.24) is 4.90 Å². The number of carbonyl (C=O) groups excluding carboxylic acids is 1. The van der Waals surface area contributed by atoms with Crippen LogP contribution in [0.3, 0.4) is 0 Å². The second-order valence-corrected chi connectivity index (χ2v) is 3.80. The van der Waals surface area contributed by atoms with E-state index in [2.05, 4.69) is 6.58 Å². The Morgan fingerprint density at radius 3 is 2.71 bits per heavy atom. The summed E-state index contributed by atoms with van der Waals surface area (Å²) in [5.74, 6) is -0.694. The van der Waals surface area contributed by atoms with Crippen LogP contribution < -0.4 is 5.73 Å². The largest absolute Gasteiger partial charge is 0.398 e. The molecule has 0 unspecified atom stereocenters. The van der Waals surface area contributed by atoms with Crippen molar-refractivity contribution < 1.29 is 9.18 Å². The summed E-state index contributed by atoms with van der Waals surface area (Å²) in [7, 11) is 0. The molecule has 0 heterocycles. The van der Waals surface area contributed by atoms with Crippen molar-refractivity contribution >= 4 is 11.6 Å². The Hall–Kier alpha value is -1.84. The summed E-state index contributed by atoms with van der Waals surface area (Å²) in [6, 6.07) is 2.73. The normalized spacial score (nSPS) is 10.1. The molecule has 17 heavy (non-hydrogen) atoms. The summed E-state index contributed by atoms with van der Waals surface area (Å²) < 4.78 is 13.5. The minimum atomic E-state index is -0.456. The van der Waals surface area contributed by atoms with Crippen molar-refractivity contribution in [2.75, 3.05) is 18.8 Å². The van der Waals surface area contributed by atoms with Crippen LogP contribution in [0, 0.1) is 12.7 Å². The lowest BCUT2D eigenvalue weighted by molar-refractivity contribution is 0.0781. The predicted molar refractivity (Wildman–Crippen MR) is 67.3 cm³/mol. The molecule has 0 saturated heterocycles. The number of halogens is 1. The van der Waals surface area contributed by atoms with Crippen molar-refractivity contribution in [2.45, 2.75) is 13.8 Å². The van der Waals surface area contributed by atoms with Crippen LogP contribution in [-0.2, 0) is 0 Å². The van der Waals surface area contributed by atoms with E-state index in [1.165, 1.54) is 12.1 Å². The molecule has 1 amide bonds. The van der Waals surface area contributed by atoms with E-state index in [9.17, 15) is 9.18 Å². The summed E-state index contributed by atoms with van der Waals surface area (Å²) in [5.41, 5.74) is 6.58. The fourth-order valence-corrected chi connectivity index (χ4v) is 1.52. The number of carbonyl (C=O) groups is 1. The third-order valence-electron chi connectivity index (χ3n) is 2.65. The standard InChI is InChI=1S/C13H17FN2O/c1-4-6-16(5-2)13(17)10-7-11(14)9(3)12(15)8-10/h4,7-8H,1,5-6,15H2,2-3H3. The first kappa shape index (κ1) is 13.2. The van der Waals surface area contributed by atoms with E-state index >= 15 is 0 Å². The number of hydrogen-bond acceptors (Lipinski definition) is 2. The van der Waals surface area contributed by atoms with Gasteiger partial charge in [-0.2, -0.15) is 0 Å². The molecular weight excluding hydrogens is 219 g/mol. The van der Waals surface area contributed by atoms with Crippen molar-refractivity contribution in [3.63, 3.8) is 0 Å². The number of benzene rings is 1. The first-order valence-corrected chi connectivity index (χ1v) is 5.47. The van der Waals surface area contributed by atoms with E-state index in [1.54, 1.807) is 17.9 Å². The molecule has 0 bridgehead atoms. The van der Waals surface area contributed by atoms with Crippen LogP contribution in [-0.4, -0.2) is 23.9 Å². The third-order valence-corrected chi connectivity index (χ3v) is 2.65. The molecule has 0 aromatic heterocycles. The number of anilines is 1. The Labute approximate surface area is 101 Å². The minimum Gasteiger partial charge on any atom is -0.398 e. The van der Waals surface area contributed by atoms with Crippen LogP contribution in [0.1, 0.15) is 22.8 Å². The van der Waals surface area contributed by atoms with E-state index in [4.69, 9.17) is 5.73 Å². The maximum absolute atomic E-state index is 13.5. The van der Waals surface area contributed by atoms with Gasteiger partial charge in [0.25, 0.3) is 5.91 Å². The lowest BCUT2D eigenvalue weighted by Gasteiger charge is -2.19. The van der Waals surface area contributed by atoms with Gasteiger partial charge in [0.15, 0.2) is 0 Å². The first-order chi connectivity index (χ1) is 8.01. The van der Waals surface area contributed by atoms with Crippen LogP contribution >= 0.6 is 0 Å². The number of nitrogens with two attached hydrogens (primary N) is 1.